The van der Waals surface area contributed by atoms with E-state index in [0.29, 0.717) is 6.61 Å². The third-order valence-corrected chi connectivity index (χ3v) is 2.28. The molecule has 0 spiro atoms. The molecule has 0 N–H and O–H groups in total. The van der Waals surface area contributed by atoms with Gasteiger partial charge >= 0.3 is 0 Å². The maximum absolute atomic E-state index is 5.54. The van der Waals surface area contributed by atoms with Crippen LogP contribution in [0.1, 0.15) is 0 Å². The second kappa shape index (κ2) is 7.71. The largest absolute Gasteiger partial charge is 0.497 e. The first-order chi connectivity index (χ1) is 9.47. The first kappa shape index (κ1) is 12.9. The molecule has 0 bridgehead atoms. The van der Waals surface area contributed by atoms with Crippen molar-refractivity contribution in [3.05, 3.63) is 73.2 Å². The first-order valence-electron chi connectivity index (χ1n) is 6.01. The minimum atomic E-state index is 0.518. The van der Waals surface area contributed by atoms with Crippen molar-refractivity contribution >= 4 is 11.9 Å². The fourth-order valence-corrected chi connectivity index (χ4v) is 1.40. The SMILES string of the molecule is C1=CC=COc2ccccc2N=CC=CCOC=C1. The van der Waals surface area contributed by atoms with Gasteiger partial charge in [-0.1, -0.05) is 24.3 Å². The zero-order valence-corrected chi connectivity index (χ0v) is 10.5. The lowest BCUT2D eigenvalue weighted by atomic mass is 10.3. The summed E-state index contributed by atoms with van der Waals surface area (Å²) in [6.45, 7) is 0.518. The van der Waals surface area contributed by atoms with Crippen molar-refractivity contribution in [2.45, 2.75) is 0 Å². The van der Waals surface area contributed by atoms with Crippen molar-refractivity contribution in [1.82, 2.24) is 0 Å². The highest BCUT2D eigenvalue weighted by molar-refractivity contribution is 5.75. The molecule has 3 heteroatoms. The summed E-state index contributed by atoms with van der Waals surface area (Å²) in [7, 11) is 0. The summed E-state index contributed by atoms with van der Waals surface area (Å²) in [5, 5.41) is 0. The van der Waals surface area contributed by atoms with Crippen LogP contribution in [0.25, 0.3) is 0 Å². The Morgan fingerprint density at radius 3 is 2.68 bits per heavy atom. The van der Waals surface area contributed by atoms with E-state index in [9.17, 15) is 0 Å². The summed E-state index contributed by atoms with van der Waals surface area (Å²) in [5.41, 5.74) is 0.787. The van der Waals surface area contributed by atoms with Crippen LogP contribution in [-0.4, -0.2) is 12.8 Å². The molecule has 0 saturated heterocycles. The molecule has 96 valence electrons. The number of rotatable bonds is 0. The Kier molecular flexibility index (Phi) is 5.24. The highest BCUT2D eigenvalue weighted by Gasteiger charge is 1.97. The van der Waals surface area contributed by atoms with E-state index in [1.165, 1.54) is 0 Å². The second-order valence-corrected chi connectivity index (χ2v) is 3.67. The zero-order valence-electron chi connectivity index (χ0n) is 10.5. The molecule has 19 heavy (non-hydrogen) atoms. The van der Waals surface area contributed by atoms with Gasteiger partial charge in [-0.3, -0.25) is 4.99 Å². The van der Waals surface area contributed by atoms with E-state index in [2.05, 4.69) is 4.99 Å². The van der Waals surface area contributed by atoms with Crippen LogP contribution in [0, 0.1) is 0 Å². The molecular weight excluding hydrogens is 238 g/mol. The van der Waals surface area contributed by atoms with Gasteiger partial charge < -0.3 is 9.47 Å². The summed E-state index contributed by atoms with van der Waals surface area (Å²) < 4.78 is 10.8. The van der Waals surface area contributed by atoms with Crippen LogP contribution in [0.2, 0.25) is 0 Å². The molecule has 0 radical (unpaired) electrons. The van der Waals surface area contributed by atoms with Gasteiger partial charge in [0.25, 0.3) is 0 Å². The predicted molar refractivity (Wildman–Crippen MR) is 77.7 cm³/mol. The summed E-state index contributed by atoms with van der Waals surface area (Å²) in [4.78, 5) is 4.34. The van der Waals surface area contributed by atoms with Crippen LogP contribution >= 0.6 is 0 Å². The number of allylic oxidation sites excluding steroid dienone is 5. The lowest BCUT2D eigenvalue weighted by Crippen LogP contribution is -1.82. The van der Waals surface area contributed by atoms with Crippen LogP contribution in [0.3, 0.4) is 0 Å². The molecular formula is C16H15NO2. The number of ether oxygens (including phenoxy) is 2. The lowest BCUT2D eigenvalue weighted by molar-refractivity contribution is 0.290. The van der Waals surface area contributed by atoms with E-state index in [4.69, 9.17) is 9.47 Å². The molecule has 0 fully saturated rings. The summed E-state index contributed by atoms with van der Waals surface area (Å²) in [6.07, 6.45) is 16.1. The number of aliphatic imine (C=N–C) groups is 1. The molecule has 2 rings (SSSR count). The van der Waals surface area contributed by atoms with Gasteiger partial charge in [0.2, 0.25) is 0 Å². The summed E-state index contributed by atoms with van der Waals surface area (Å²) in [6, 6.07) is 7.62. The zero-order chi connectivity index (χ0) is 13.2. The first-order valence-corrected chi connectivity index (χ1v) is 6.01. The average molecular weight is 253 g/mol. The predicted octanol–water partition coefficient (Wildman–Crippen LogP) is 3.94. The Morgan fingerprint density at radius 2 is 1.74 bits per heavy atom. The molecule has 0 unspecified atom stereocenters. The number of para-hydroxylation sites is 2. The van der Waals surface area contributed by atoms with E-state index in [-0.39, 0.29) is 0 Å². The Morgan fingerprint density at radius 1 is 0.895 bits per heavy atom. The smallest absolute Gasteiger partial charge is 0.152 e. The normalized spacial score (nSPS) is 14.9. The van der Waals surface area contributed by atoms with Crippen LogP contribution in [0.15, 0.2) is 78.2 Å². The fourth-order valence-electron chi connectivity index (χ4n) is 1.40. The van der Waals surface area contributed by atoms with Gasteiger partial charge in [0.1, 0.15) is 12.3 Å². The maximum atomic E-state index is 5.54. The van der Waals surface area contributed by atoms with Gasteiger partial charge in [-0.2, -0.15) is 0 Å². The molecule has 1 heterocycles. The minimum absolute atomic E-state index is 0.518. The van der Waals surface area contributed by atoms with Crippen LogP contribution in [0.5, 0.6) is 5.75 Å². The van der Waals surface area contributed by atoms with Gasteiger partial charge in [-0.15, -0.1) is 0 Å². The maximum Gasteiger partial charge on any atom is 0.152 e. The van der Waals surface area contributed by atoms with Crippen LogP contribution < -0.4 is 4.74 Å². The molecule has 0 saturated carbocycles. The van der Waals surface area contributed by atoms with Crippen molar-refractivity contribution < 1.29 is 9.47 Å². The van der Waals surface area contributed by atoms with Gasteiger partial charge in [0, 0.05) is 6.21 Å². The second-order valence-electron chi connectivity index (χ2n) is 3.67. The van der Waals surface area contributed by atoms with Crippen LogP contribution in [0.4, 0.5) is 5.69 Å². The van der Waals surface area contributed by atoms with Crippen LogP contribution in [-0.2, 0) is 4.74 Å². The van der Waals surface area contributed by atoms with Crippen molar-refractivity contribution in [2.24, 2.45) is 4.99 Å². The molecule has 1 aromatic carbocycles. The van der Waals surface area contributed by atoms with Gasteiger partial charge in [0.15, 0.2) is 5.75 Å². The molecule has 0 atom stereocenters. The molecule has 3 nitrogen and oxygen atoms in total. The Bertz CT molecular complexity index is 539. The lowest BCUT2D eigenvalue weighted by Gasteiger charge is -2.02. The Hall–Kier alpha value is -2.55. The van der Waals surface area contributed by atoms with Crippen molar-refractivity contribution in [1.29, 1.82) is 0 Å². The number of fused-ring (bicyclic) bond motifs is 1. The van der Waals surface area contributed by atoms with Crippen molar-refractivity contribution in [3.63, 3.8) is 0 Å². The number of nitrogens with zero attached hydrogens (tertiary/aromatic N) is 1. The molecule has 1 aliphatic heterocycles. The number of benzene rings is 1. The number of hydrogen-bond acceptors (Lipinski definition) is 3. The molecule has 1 aliphatic rings. The molecule has 0 aromatic heterocycles. The topological polar surface area (TPSA) is 30.8 Å². The van der Waals surface area contributed by atoms with Gasteiger partial charge in [-0.05, 0) is 36.4 Å². The molecule has 1 aromatic rings. The third-order valence-electron chi connectivity index (χ3n) is 2.28. The van der Waals surface area contributed by atoms with Crippen molar-refractivity contribution in [3.8, 4) is 5.75 Å². The average Bonchev–Trinajstić information content (AvgIpc) is 2.45. The Balaban J connectivity index is 2.20. The molecule has 0 aliphatic carbocycles. The van der Waals surface area contributed by atoms with E-state index < -0.39 is 0 Å². The van der Waals surface area contributed by atoms with E-state index >= 15 is 0 Å². The van der Waals surface area contributed by atoms with Gasteiger partial charge in [-0.25, -0.2) is 0 Å². The summed E-state index contributed by atoms with van der Waals surface area (Å²) >= 11 is 0. The number of hydrogen-bond donors (Lipinski definition) is 0. The fraction of sp³-hybridized carbons (Fsp3) is 0.0625. The Labute approximate surface area is 112 Å². The van der Waals surface area contributed by atoms with E-state index in [1.54, 1.807) is 18.7 Å². The monoisotopic (exact) mass is 253 g/mol. The van der Waals surface area contributed by atoms with Gasteiger partial charge in [0.05, 0.1) is 12.5 Å². The highest BCUT2D eigenvalue weighted by Crippen LogP contribution is 2.26. The highest BCUT2D eigenvalue weighted by atomic mass is 16.5. The van der Waals surface area contributed by atoms with E-state index in [1.807, 2.05) is 60.7 Å². The quantitative estimate of drug-likeness (QED) is 0.701. The van der Waals surface area contributed by atoms with Crippen molar-refractivity contribution in [2.75, 3.05) is 6.61 Å². The summed E-state index contributed by atoms with van der Waals surface area (Å²) in [5.74, 6) is 0.721. The standard InChI is InChI=1S/C16H15NO2/c1-2-7-14-19-16-10-4-3-9-15(16)17-11-5-8-13-18-12-6-1/h1-12,14H,13H2. The van der Waals surface area contributed by atoms with E-state index in [0.717, 1.165) is 11.4 Å². The molecule has 0 amide bonds. The third kappa shape index (κ3) is 4.68. The minimum Gasteiger partial charge on any atom is -0.497 e.